The summed E-state index contributed by atoms with van der Waals surface area (Å²) < 4.78 is 0. The van der Waals surface area contributed by atoms with Crippen LogP contribution in [0.5, 0.6) is 0 Å². The Bertz CT molecular complexity index is 281. The first-order valence-corrected chi connectivity index (χ1v) is 6.79. The van der Waals surface area contributed by atoms with E-state index < -0.39 is 0 Å². The standard InChI is InChI=1S/C13H25N3O.ClH/c1-13(12(17)14-2)5-7-16(10-13)9-11-4-3-6-15-8-11;/h11,15H,3-10H2,1-2H3,(H,14,17);1H. The smallest absolute Gasteiger partial charge is 0.227 e. The second kappa shape index (κ2) is 6.73. The van der Waals surface area contributed by atoms with Crippen LogP contribution in [0.25, 0.3) is 0 Å². The number of hydrogen-bond donors (Lipinski definition) is 2. The van der Waals surface area contributed by atoms with Crippen LogP contribution >= 0.6 is 12.4 Å². The number of piperidine rings is 1. The zero-order valence-corrected chi connectivity index (χ0v) is 12.3. The molecule has 5 heteroatoms. The third-order valence-corrected chi connectivity index (χ3v) is 4.24. The molecule has 1 amide bonds. The van der Waals surface area contributed by atoms with Gasteiger partial charge in [0.1, 0.15) is 0 Å². The number of amides is 1. The van der Waals surface area contributed by atoms with Gasteiger partial charge in [-0.15, -0.1) is 12.4 Å². The fraction of sp³-hybridized carbons (Fsp3) is 0.923. The molecule has 106 valence electrons. The minimum absolute atomic E-state index is 0. The normalized spacial score (nSPS) is 32.9. The van der Waals surface area contributed by atoms with Gasteiger partial charge in [0.25, 0.3) is 0 Å². The fourth-order valence-electron chi connectivity index (χ4n) is 3.14. The lowest BCUT2D eigenvalue weighted by atomic mass is 9.89. The summed E-state index contributed by atoms with van der Waals surface area (Å²) in [5.41, 5.74) is -0.170. The van der Waals surface area contributed by atoms with E-state index in [1.54, 1.807) is 7.05 Å². The van der Waals surface area contributed by atoms with Crippen LogP contribution in [0.4, 0.5) is 0 Å². The van der Waals surface area contributed by atoms with Crippen molar-refractivity contribution in [3.8, 4) is 0 Å². The molecule has 2 fully saturated rings. The van der Waals surface area contributed by atoms with Gasteiger partial charge >= 0.3 is 0 Å². The van der Waals surface area contributed by atoms with Crippen molar-refractivity contribution in [1.82, 2.24) is 15.5 Å². The Morgan fingerprint density at radius 2 is 2.33 bits per heavy atom. The molecule has 0 spiro atoms. The summed E-state index contributed by atoms with van der Waals surface area (Å²) in [4.78, 5) is 14.3. The molecule has 18 heavy (non-hydrogen) atoms. The topological polar surface area (TPSA) is 44.4 Å². The first-order valence-electron chi connectivity index (χ1n) is 6.79. The van der Waals surface area contributed by atoms with Gasteiger partial charge in [0.05, 0.1) is 5.41 Å². The fourth-order valence-corrected chi connectivity index (χ4v) is 3.14. The lowest BCUT2D eigenvalue weighted by molar-refractivity contribution is -0.129. The summed E-state index contributed by atoms with van der Waals surface area (Å²) in [6.07, 6.45) is 3.62. The molecule has 2 atom stereocenters. The van der Waals surface area contributed by atoms with Crippen LogP contribution in [-0.4, -0.2) is 50.6 Å². The van der Waals surface area contributed by atoms with E-state index in [1.165, 1.54) is 19.4 Å². The van der Waals surface area contributed by atoms with Gasteiger partial charge in [-0.2, -0.15) is 0 Å². The molecule has 2 heterocycles. The zero-order valence-electron chi connectivity index (χ0n) is 11.5. The molecule has 0 aromatic carbocycles. The largest absolute Gasteiger partial charge is 0.359 e. The number of nitrogens with zero attached hydrogens (tertiary/aromatic N) is 1. The highest BCUT2D eigenvalue weighted by molar-refractivity contribution is 5.85. The summed E-state index contributed by atoms with van der Waals surface area (Å²) in [5.74, 6) is 0.970. The molecule has 0 aromatic rings. The maximum Gasteiger partial charge on any atom is 0.227 e. The summed E-state index contributed by atoms with van der Waals surface area (Å²) in [5, 5.41) is 6.25. The lowest BCUT2D eigenvalue weighted by Crippen LogP contribution is -2.41. The molecule has 4 nitrogen and oxygen atoms in total. The number of carbonyl (C=O) groups is 1. The molecule has 0 bridgehead atoms. The van der Waals surface area contributed by atoms with E-state index in [9.17, 15) is 4.79 Å². The minimum Gasteiger partial charge on any atom is -0.359 e. The molecule has 0 aliphatic carbocycles. The van der Waals surface area contributed by atoms with E-state index in [4.69, 9.17) is 0 Å². The summed E-state index contributed by atoms with van der Waals surface area (Å²) >= 11 is 0. The summed E-state index contributed by atoms with van der Waals surface area (Å²) in [6.45, 7) is 7.55. The third kappa shape index (κ3) is 3.59. The maximum atomic E-state index is 11.8. The first-order chi connectivity index (χ1) is 8.14. The Kier molecular flexibility index (Phi) is 5.89. The van der Waals surface area contributed by atoms with Crippen molar-refractivity contribution in [2.45, 2.75) is 26.2 Å². The van der Waals surface area contributed by atoms with Gasteiger partial charge in [-0.3, -0.25) is 4.79 Å². The highest BCUT2D eigenvalue weighted by Crippen LogP contribution is 2.30. The van der Waals surface area contributed by atoms with Crippen molar-refractivity contribution >= 4 is 18.3 Å². The van der Waals surface area contributed by atoms with Gasteiger partial charge in [-0.1, -0.05) is 0 Å². The van der Waals surface area contributed by atoms with Crippen LogP contribution in [0, 0.1) is 11.3 Å². The molecule has 2 aliphatic heterocycles. The van der Waals surface area contributed by atoms with E-state index >= 15 is 0 Å². The molecule has 2 N–H and O–H groups in total. The number of carbonyl (C=O) groups excluding carboxylic acids is 1. The maximum absolute atomic E-state index is 11.8. The highest BCUT2D eigenvalue weighted by Gasteiger charge is 2.40. The van der Waals surface area contributed by atoms with Crippen molar-refractivity contribution < 1.29 is 4.79 Å². The van der Waals surface area contributed by atoms with Gasteiger partial charge in [-0.25, -0.2) is 0 Å². The van der Waals surface area contributed by atoms with Gasteiger partial charge < -0.3 is 15.5 Å². The molecular weight excluding hydrogens is 250 g/mol. The average molecular weight is 276 g/mol. The molecule has 2 aliphatic rings. The van der Waals surface area contributed by atoms with E-state index in [2.05, 4.69) is 22.5 Å². The van der Waals surface area contributed by atoms with Crippen LogP contribution in [-0.2, 0) is 4.79 Å². The van der Waals surface area contributed by atoms with E-state index in [0.717, 1.165) is 38.5 Å². The molecule has 0 saturated carbocycles. The molecule has 2 saturated heterocycles. The molecule has 2 rings (SSSR count). The monoisotopic (exact) mass is 275 g/mol. The van der Waals surface area contributed by atoms with E-state index in [0.29, 0.717) is 0 Å². The van der Waals surface area contributed by atoms with E-state index in [1.807, 2.05) is 0 Å². The van der Waals surface area contributed by atoms with Crippen molar-refractivity contribution in [2.75, 3.05) is 39.8 Å². The predicted octanol–water partition coefficient (Wildman–Crippen LogP) is 0.866. The number of hydrogen-bond acceptors (Lipinski definition) is 3. The summed E-state index contributed by atoms with van der Waals surface area (Å²) in [6, 6.07) is 0. The van der Waals surface area contributed by atoms with Crippen LogP contribution < -0.4 is 10.6 Å². The van der Waals surface area contributed by atoms with E-state index in [-0.39, 0.29) is 23.7 Å². The van der Waals surface area contributed by atoms with Gasteiger partial charge in [0.2, 0.25) is 5.91 Å². The predicted molar refractivity (Wildman–Crippen MR) is 76.1 cm³/mol. The zero-order chi connectivity index (χ0) is 12.3. The van der Waals surface area contributed by atoms with Crippen LogP contribution in [0.1, 0.15) is 26.2 Å². The van der Waals surface area contributed by atoms with Gasteiger partial charge in [0, 0.05) is 20.1 Å². The van der Waals surface area contributed by atoms with Crippen molar-refractivity contribution in [3.05, 3.63) is 0 Å². The number of likely N-dealkylation sites (tertiary alicyclic amines) is 1. The average Bonchev–Trinajstić information content (AvgIpc) is 2.72. The second-order valence-corrected chi connectivity index (χ2v) is 5.84. The third-order valence-electron chi connectivity index (χ3n) is 4.24. The molecule has 0 radical (unpaired) electrons. The number of halogens is 1. The first kappa shape index (κ1) is 15.7. The Labute approximate surface area is 116 Å². The van der Waals surface area contributed by atoms with Crippen LogP contribution in [0.2, 0.25) is 0 Å². The quantitative estimate of drug-likeness (QED) is 0.803. The van der Waals surface area contributed by atoms with Crippen molar-refractivity contribution in [3.63, 3.8) is 0 Å². The van der Waals surface area contributed by atoms with Crippen LogP contribution in [0.3, 0.4) is 0 Å². The number of nitrogens with one attached hydrogen (secondary N) is 2. The SMILES string of the molecule is CNC(=O)C1(C)CCN(CC2CCCNC2)C1.Cl. The number of rotatable bonds is 3. The molecular formula is C13H26ClN3O. The Hall–Kier alpha value is -0.320. The summed E-state index contributed by atoms with van der Waals surface area (Å²) in [7, 11) is 1.74. The van der Waals surface area contributed by atoms with Gasteiger partial charge in [-0.05, 0) is 51.7 Å². The van der Waals surface area contributed by atoms with Crippen molar-refractivity contribution in [1.29, 1.82) is 0 Å². The highest BCUT2D eigenvalue weighted by atomic mass is 35.5. The Morgan fingerprint density at radius 1 is 1.56 bits per heavy atom. The Morgan fingerprint density at radius 3 is 2.94 bits per heavy atom. The molecule has 2 unspecified atom stereocenters. The lowest BCUT2D eigenvalue weighted by Gasteiger charge is -2.28. The minimum atomic E-state index is -0.170. The molecule has 0 aromatic heterocycles. The van der Waals surface area contributed by atoms with Gasteiger partial charge in [0.15, 0.2) is 0 Å². The van der Waals surface area contributed by atoms with Crippen molar-refractivity contribution in [2.24, 2.45) is 11.3 Å². The van der Waals surface area contributed by atoms with Crippen LogP contribution in [0.15, 0.2) is 0 Å². The second-order valence-electron chi connectivity index (χ2n) is 5.84. The Balaban J connectivity index is 0.00000162.